The van der Waals surface area contributed by atoms with Crippen molar-refractivity contribution in [3.63, 3.8) is 0 Å². The van der Waals surface area contributed by atoms with E-state index in [4.69, 9.17) is 4.42 Å². The molecule has 13 heteroatoms. The van der Waals surface area contributed by atoms with Gasteiger partial charge in [0.15, 0.2) is 5.76 Å². The number of carbonyl (C=O) groups is 2. The average molecular weight is 704 g/mol. The first kappa shape index (κ1) is 35.0. The van der Waals surface area contributed by atoms with E-state index >= 15 is 0 Å². The molecule has 3 aromatic heterocycles. The number of pyridine rings is 1. The number of aliphatic hydroxyl groups is 1. The number of halogens is 3. The summed E-state index contributed by atoms with van der Waals surface area (Å²) < 4.78 is 45.6. The first-order valence-electron chi connectivity index (χ1n) is 16.2. The van der Waals surface area contributed by atoms with Crippen LogP contribution in [0.2, 0.25) is 0 Å². The van der Waals surface area contributed by atoms with Crippen molar-refractivity contribution in [1.82, 2.24) is 25.5 Å². The Bertz CT molecular complexity index is 1930. The Kier molecular flexibility index (Phi) is 10.5. The van der Waals surface area contributed by atoms with E-state index < -0.39 is 35.8 Å². The lowest BCUT2D eigenvalue weighted by Crippen LogP contribution is -2.47. The van der Waals surface area contributed by atoms with Gasteiger partial charge >= 0.3 is 6.18 Å². The maximum atomic E-state index is 13.9. The number of likely N-dealkylation sites (tertiary alicyclic amines) is 1. The van der Waals surface area contributed by atoms with E-state index in [1.807, 2.05) is 18.4 Å². The lowest BCUT2D eigenvalue weighted by atomic mass is 9.96. The van der Waals surface area contributed by atoms with Gasteiger partial charge in [-0.15, -0.1) is 11.3 Å². The summed E-state index contributed by atoms with van der Waals surface area (Å²) >= 11 is 1.51. The highest BCUT2D eigenvalue weighted by molar-refractivity contribution is 7.09. The first-order valence-corrected chi connectivity index (χ1v) is 17.1. The molecule has 1 saturated heterocycles. The van der Waals surface area contributed by atoms with Crippen LogP contribution in [0.25, 0.3) is 11.5 Å². The Morgan fingerprint density at radius 1 is 1.06 bits per heavy atom. The van der Waals surface area contributed by atoms with Crippen LogP contribution >= 0.6 is 11.3 Å². The van der Waals surface area contributed by atoms with Crippen LogP contribution in [0, 0.1) is 6.92 Å². The molecule has 0 spiro atoms. The second-order valence-corrected chi connectivity index (χ2v) is 13.2. The van der Waals surface area contributed by atoms with Gasteiger partial charge in [-0.3, -0.25) is 9.59 Å². The van der Waals surface area contributed by atoms with Crippen LogP contribution in [0.5, 0.6) is 0 Å². The van der Waals surface area contributed by atoms with Gasteiger partial charge in [-0.1, -0.05) is 48.5 Å². The van der Waals surface area contributed by atoms with Crippen molar-refractivity contribution in [3.05, 3.63) is 129 Å². The molecular formula is C37H36F3N5O4S. The Morgan fingerprint density at radius 2 is 1.86 bits per heavy atom. The van der Waals surface area contributed by atoms with Crippen molar-refractivity contribution in [3.8, 4) is 11.5 Å². The normalized spacial score (nSPS) is 16.6. The van der Waals surface area contributed by atoms with Gasteiger partial charge in [0.2, 0.25) is 0 Å². The van der Waals surface area contributed by atoms with Gasteiger partial charge in [-0.2, -0.15) is 13.2 Å². The van der Waals surface area contributed by atoms with Crippen molar-refractivity contribution in [2.24, 2.45) is 0 Å². The van der Waals surface area contributed by atoms with Gasteiger partial charge in [0.1, 0.15) is 16.4 Å². The average Bonchev–Trinajstić information content (AvgIpc) is 3.91. The predicted molar refractivity (Wildman–Crippen MR) is 182 cm³/mol. The fourth-order valence-corrected chi connectivity index (χ4v) is 7.05. The summed E-state index contributed by atoms with van der Waals surface area (Å²) in [6.07, 6.45) is -2.64. The number of furan rings is 1. The number of hydrogen-bond donors (Lipinski definition) is 3. The minimum atomic E-state index is -4.49. The highest BCUT2D eigenvalue weighted by Crippen LogP contribution is 2.35. The molecule has 9 nitrogen and oxygen atoms in total. The van der Waals surface area contributed by atoms with Crippen molar-refractivity contribution < 1.29 is 32.3 Å². The zero-order valence-corrected chi connectivity index (χ0v) is 28.2. The van der Waals surface area contributed by atoms with E-state index in [0.29, 0.717) is 29.1 Å². The third-order valence-corrected chi connectivity index (χ3v) is 9.73. The van der Waals surface area contributed by atoms with Gasteiger partial charge in [-0.25, -0.2) is 9.97 Å². The molecule has 50 heavy (non-hydrogen) atoms. The molecule has 2 amide bonds. The van der Waals surface area contributed by atoms with Gasteiger partial charge in [0.05, 0.1) is 36.1 Å². The molecule has 4 heterocycles. The minimum absolute atomic E-state index is 0.0294. The summed E-state index contributed by atoms with van der Waals surface area (Å²) in [4.78, 5) is 38.7. The van der Waals surface area contributed by atoms with E-state index in [2.05, 4.69) is 20.6 Å². The molecule has 1 fully saturated rings. The van der Waals surface area contributed by atoms with Crippen LogP contribution in [0.3, 0.4) is 0 Å². The summed E-state index contributed by atoms with van der Waals surface area (Å²) in [5.74, 6) is -0.518. The fraction of sp³-hybridized carbons (Fsp3) is 0.297. The molecule has 2 aromatic carbocycles. The molecule has 6 rings (SSSR count). The lowest BCUT2D eigenvalue weighted by Gasteiger charge is -2.30. The van der Waals surface area contributed by atoms with Crippen molar-refractivity contribution >= 4 is 23.2 Å². The van der Waals surface area contributed by atoms with Crippen molar-refractivity contribution in [2.75, 3.05) is 6.54 Å². The van der Waals surface area contributed by atoms with E-state index in [9.17, 15) is 27.9 Å². The zero-order valence-electron chi connectivity index (χ0n) is 27.4. The Labute approximate surface area is 291 Å². The number of carbonyl (C=O) groups excluding carboxylic acids is 2. The molecule has 0 saturated carbocycles. The molecule has 3 N–H and O–H groups in total. The lowest BCUT2D eigenvalue weighted by molar-refractivity contribution is -0.137. The summed E-state index contributed by atoms with van der Waals surface area (Å²) in [5.41, 5.74) is 1.69. The minimum Gasteiger partial charge on any atom is -0.463 e. The third-order valence-electron chi connectivity index (χ3n) is 8.67. The quantitative estimate of drug-likeness (QED) is 0.134. The van der Waals surface area contributed by atoms with Gasteiger partial charge in [0, 0.05) is 29.7 Å². The molecule has 0 aliphatic carbocycles. The van der Waals surface area contributed by atoms with Crippen LogP contribution in [0.4, 0.5) is 13.2 Å². The Balaban J connectivity index is 1.23. The van der Waals surface area contributed by atoms with E-state index in [0.717, 1.165) is 35.7 Å². The molecule has 0 bridgehead atoms. The first-order chi connectivity index (χ1) is 24.0. The van der Waals surface area contributed by atoms with E-state index in [1.54, 1.807) is 54.3 Å². The van der Waals surface area contributed by atoms with Crippen molar-refractivity contribution in [1.29, 1.82) is 0 Å². The third kappa shape index (κ3) is 7.96. The smallest absolute Gasteiger partial charge is 0.416 e. The topological polar surface area (TPSA) is 121 Å². The SMILES string of the molecule is Cc1csc(C2CCCN2C(=O)c2cc(C(=O)NC(C)C(O)C(NCc3cccc(C(F)(F)F)c3)c3ccccc3)cc(-c3ccco3)n2)n1. The van der Waals surface area contributed by atoms with Crippen LogP contribution < -0.4 is 10.6 Å². The van der Waals surface area contributed by atoms with E-state index in [1.165, 1.54) is 35.8 Å². The zero-order chi connectivity index (χ0) is 35.4. The predicted octanol–water partition coefficient (Wildman–Crippen LogP) is 7.11. The number of aryl methyl sites for hydroxylation is 1. The van der Waals surface area contributed by atoms with Gasteiger partial charge in [0.25, 0.3) is 11.8 Å². The number of aromatic nitrogens is 2. The fourth-order valence-electron chi connectivity index (χ4n) is 6.11. The van der Waals surface area contributed by atoms with Gasteiger partial charge < -0.3 is 25.1 Å². The second kappa shape index (κ2) is 15.0. The highest BCUT2D eigenvalue weighted by atomic mass is 32.1. The highest BCUT2D eigenvalue weighted by Gasteiger charge is 2.35. The summed E-state index contributed by atoms with van der Waals surface area (Å²) in [7, 11) is 0. The number of thiazole rings is 1. The summed E-state index contributed by atoms with van der Waals surface area (Å²) in [5, 5.41) is 20.4. The number of rotatable bonds is 11. The molecule has 5 aromatic rings. The number of benzene rings is 2. The summed E-state index contributed by atoms with van der Waals surface area (Å²) in [6, 6.07) is 18.5. The molecular weight excluding hydrogens is 667 g/mol. The number of nitrogens with zero attached hydrogens (tertiary/aromatic N) is 3. The van der Waals surface area contributed by atoms with Crippen LogP contribution in [0.1, 0.15) is 80.1 Å². The maximum absolute atomic E-state index is 13.9. The van der Waals surface area contributed by atoms with E-state index in [-0.39, 0.29) is 29.8 Å². The number of aliphatic hydroxyl groups excluding tert-OH is 1. The standard InChI is InChI=1S/C37H36F3N5O4S/c1-22-21-50-35(42-22)30-13-7-15-45(30)36(48)29-19-26(18-28(44-29)31-14-8-16-49-31)34(47)43-23(2)33(46)32(25-10-4-3-5-11-25)41-20-24-9-6-12-27(17-24)37(38,39)40/h3-6,8-12,14,16-19,21,23,30,32-33,41,46H,7,13,15,20H2,1-2H3,(H,43,47). The molecule has 260 valence electrons. The molecule has 4 unspecified atom stereocenters. The summed E-state index contributed by atoms with van der Waals surface area (Å²) in [6.45, 7) is 4.10. The Morgan fingerprint density at radius 3 is 2.56 bits per heavy atom. The number of nitrogens with one attached hydrogen (secondary N) is 2. The molecule has 0 radical (unpaired) electrons. The van der Waals surface area contributed by atoms with Crippen LogP contribution in [0.15, 0.2) is 94.9 Å². The number of alkyl halides is 3. The Hall–Kier alpha value is -4.85. The van der Waals surface area contributed by atoms with Gasteiger partial charge in [-0.05, 0) is 68.1 Å². The monoisotopic (exact) mass is 703 g/mol. The van der Waals surface area contributed by atoms with Crippen molar-refractivity contribution in [2.45, 2.75) is 63.6 Å². The largest absolute Gasteiger partial charge is 0.463 e. The maximum Gasteiger partial charge on any atom is 0.416 e. The number of hydrogen-bond acceptors (Lipinski definition) is 8. The molecule has 1 aliphatic rings. The van der Waals surface area contributed by atoms with Crippen LogP contribution in [-0.2, 0) is 12.7 Å². The number of amides is 2. The van der Waals surface area contributed by atoms with Crippen LogP contribution in [-0.4, -0.2) is 50.5 Å². The molecule has 1 aliphatic heterocycles. The second-order valence-electron chi connectivity index (χ2n) is 12.3. The molecule has 4 atom stereocenters.